The zero-order valence-electron chi connectivity index (χ0n) is 8.11. The second-order valence-electron chi connectivity index (χ2n) is 2.92. The van der Waals surface area contributed by atoms with E-state index in [-0.39, 0.29) is 0 Å². The Kier molecular flexibility index (Phi) is 5.91. The first kappa shape index (κ1) is 10.5. The van der Waals surface area contributed by atoms with Gasteiger partial charge in [0.1, 0.15) is 0 Å². The fourth-order valence-corrected chi connectivity index (χ4v) is 1.06. The lowest BCUT2D eigenvalue weighted by molar-refractivity contribution is 0.855. The molecule has 0 bridgehead atoms. The van der Waals surface area contributed by atoms with E-state index in [0.717, 1.165) is 6.42 Å². The van der Waals surface area contributed by atoms with Crippen molar-refractivity contribution in [2.45, 2.75) is 46.5 Å². The summed E-state index contributed by atoms with van der Waals surface area (Å²) in [5.41, 5.74) is 2.80. The van der Waals surface area contributed by atoms with E-state index in [1.807, 2.05) is 0 Å². The van der Waals surface area contributed by atoms with Crippen LogP contribution < -0.4 is 0 Å². The van der Waals surface area contributed by atoms with Gasteiger partial charge >= 0.3 is 0 Å². The van der Waals surface area contributed by atoms with Crippen LogP contribution in [0.4, 0.5) is 0 Å². The molecule has 0 heterocycles. The normalized spacial score (nSPS) is 11.7. The lowest BCUT2D eigenvalue weighted by Gasteiger charge is -2.02. The van der Waals surface area contributed by atoms with Gasteiger partial charge in [-0.05, 0) is 19.3 Å². The average Bonchev–Trinajstić information content (AvgIpc) is 2.03. The largest absolute Gasteiger partial charge is 0.0958 e. The summed E-state index contributed by atoms with van der Waals surface area (Å²) in [5, 5.41) is 0. The van der Waals surface area contributed by atoms with Crippen LogP contribution in [0.3, 0.4) is 0 Å². The number of rotatable bonds is 5. The molecule has 0 fully saturated rings. The van der Waals surface area contributed by atoms with Gasteiger partial charge in [0, 0.05) is 0 Å². The molecule has 0 saturated heterocycles. The van der Waals surface area contributed by atoms with Gasteiger partial charge in [-0.2, -0.15) is 0 Å². The molecule has 0 aromatic heterocycles. The van der Waals surface area contributed by atoms with Crippen LogP contribution in [0.15, 0.2) is 23.8 Å². The third-order valence-electron chi connectivity index (χ3n) is 1.89. The van der Waals surface area contributed by atoms with E-state index in [1.54, 1.807) is 5.57 Å². The number of hydrogen-bond donors (Lipinski definition) is 0. The first-order chi connectivity index (χ1) is 5.24. The standard InChI is InChI=1S/C11H20/c1-5-8-11(7-3)9-10(4)6-2/h9H,4-8H2,1-3H3/b11-9-. The summed E-state index contributed by atoms with van der Waals surface area (Å²) < 4.78 is 0. The number of hydrogen-bond acceptors (Lipinski definition) is 0. The molecule has 11 heavy (non-hydrogen) atoms. The summed E-state index contributed by atoms with van der Waals surface area (Å²) in [7, 11) is 0. The third-order valence-corrected chi connectivity index (χ3v) is 1.89. The maximum atomic E-state index is 3.97. The van der Waals surface area contributed by atoms with Gasteiger partial charge in [0.2, 0.25) is 0 Å². The quantitative estimate of drug-likeness (QED) is 0.520. The van der Waals surface area contributed by atoms with Crippen molar-refractivity contribution < 1.29 is 0 Å². The molecule has 0 aromatic rings. The van der Waals surface area contributed by atoms with E-state index in [1.165, 1.54) is 24.8 Å². The molecule has 64 valence electrons. The molecular weight excluding hydrogens is 132 g/mol. The first-order valence-electron chi connectivity index (χ1n) is 4.61. The fraction of sp³-hybridized carbons (Fsp3) is 0.636. The highest BCUT2D eigenvalue weighted by molar-refractivity contribution is 5.19. The molecular formula is C11H20. The highest BCUT2D eigenvalue weighted by Gasteiger charge is 1.92. The highest BCUT2D eigenvalue weighted by Crippen LogP contribution is 2.12. The average molecular weight is 152 g/mol. The van der Waals surface area contributed by atoms with Crippen molar-refractivity contribution in [2.75, 3.05) is 0 Å². The van der Waals surface area contributed by atoms with E-state index in [4.69, 9.17) is 0 Å². The molecule has 0 aliphatic carbocycles. The van der Waals surface area contributed by atoms with Gasteiger partial charge in [0.05, 0.1) is 0 Å². The maximum Gasteiger partial charge on any atom is -0.0313 e. The van der Waals surface area contributed by atoms with Gasteiger partial charge in [0.15, 0.2) is 0 Å². The zero-order chi connectivity index (χ0) is 8.69. The monoisotopic (exact) mass is 152 g/mol. The molecule has 0 amide bonds. The zero-order valence-corrected chi connectivity index (χ0v) is 8.11. The van der Waals surface area contributed by atoms with Crippen LogP contribution in [0.2, 0.25) is 0 Å². The summed E-state index contributed by atoms with van der Waals surface area (Å²) in [6.07, 6.45) is 6.98. The Morgan fingerprint density at radius 2 is 1.82 bits per heavy atom. The van der Waals surface area contributed by atoms with Crippen molar-refractivity contribution in [3.8, 4) is 0 Å². The van der Waals surface area contributed by atoms with E-state index >= 15 is 0 Å². The maximum absolute atomic E-state index is 3.97. The summed E-state index contributed by atoms with van der Waals surface area (Å²) >= 11 is 0. The molecule has 0 aromatic carbocycles. The molecule has 0 spiro atoms. The van der Waals surface area contributed by atoms with Crippen molar-refractivity contribution in [2.24, 2.45) is 0 Å². The first-order valence-corrected chi connectivity index (χ1v) is 4.61. The highest BCUT2D eigenvalue weighted by atomic mass is 14.0. The summed E-state index contributed by atoms with van der Waals surface area (Å²) in [5.74, 6) is 0. The second kappa shape index (κ2) is 6.21. The van der Waals surface area contributed by atoms with Gasteiger partial charge in [-0.15, -0.1) is 0 Å². The van der Waals surface area contributed by atoms with E-state index in [2.05, 4.69) is 33.4 Å². The molecule has 0 rings (SSSR count). The Morgan fingerprint density at radius 3 is 2.18 bits per heavy atom. The molecule has 0 N–H and O–H groups in total. The lowest BCUT2D eigenvalue weighted by atomic mass is 10.0. The molecule has 0 atom stereocenters. The summed E-state index contributed by atoms with van der Waals surface area (Å²) in [4.78, 5) is 0. The van der Waals surface area contributed by atoms with Crippen LogP contribution >= 0.6 is 0 Å². The van der Waals surface area contributed by atoms with Crippen molar-refractivity contribution in [3.63, 3.8) is 0 Å². The van der Waals surface area contributed by atoms with Crippen molar-refractivity contribution in [3.05, 3.63) is 23.8 Å². The fourth-order valence-electron chi connectivity index (χ4n) is 1.06. The lowest BCUT2D eigenvalue weighted by Crippen LogP contribution is -1.82. The van der Waals surface area contributed by atoms with Crippen LogP contribution in [-0.2, 0) is 0 Å². The predicted molar refractivity (Wildman–Crippen MR) is 52.7 cm³/mol. The Morgan fingerprint density at radius 1 is 1.18 bits per heavy atom. The summed E-state index contributed by atoms with van der Waals surface area (Å²) in [6.45, 7) is 10.6. The van der Waals surface area contributed by atoms with Crippen LogP contribution in [0, 0.1) is 0 Å². The van der Waals surface area contributed by atoms with Crippen LogP contribution in [0.25, 0.3) is 0 Å². The minimum absolute atomic E-state index is 1.08. The molecule has 0 aliphatic rings. The Hall–Kier alpha value is -0.520. The van der Waals surface area contributed by atoms with Gasteiger partial charge in [-0.3, -0.25) is 0 Å². The Bertz CT molecular complexity index is 140. The molecule has 0 nitrogen and oxygen atoms in total. The van der Waals surface area contributed by atoms with Crippen LogP contribution in [0.5, 0.6) is 0 Å². The van der Waals surface area contributed by atoms with Crippen LogP contribution in [0.1, 0.15) is 46.5 Å². The van der Waals surface area contributed by atoms with Gasteiger partial charge in [0.25, 0.3) is 0 Å². The van der Waals surface area contributed by atoms with Crippen molar-refractivity contribution >= 4 is 0 Å². The van der Waals surface area contributed by atoms with Gasteiger partial charge < -0.3 is 0 Å². The third kappa shape index (κ3) is 4.83. The minimum atomic E-state index is 1.08. The van der Waals surface area contributed by atoms with Crippen molar-refractivity contribution in [1.29, 1.82) is 0 Å². The van der Waals surface area contributed by atoms with E-state index < -0.39 is 0 Å². The van der Waals surface area contributed by atoms with E-state index in [9.17, 15) is 0 Å². The van der Waals surface area contributed by atoms with Crippen molar-refractivity contribution in [1.82, 2.24) is 0 Å². The van der Waals surface area contributed by atoms with Gasteiger partial charge in [-0.1, -0.05) is 51.0 Å². The molecule has 0 saturated carbocycles. The van der Waals surface area contributed by atoms with E-state index in [0.29, 0.717) is 0 Å². The Labute approximate surface area is 71.0 Å². The molecule has 0 heteroatoms. The SMILES string of the molecule is C=C(/C=C(/CC)CCC)CC. The molecule has 0 radical (unpaired) electrons. The van der Waals surface area contributed by atoms with Crippen LogP contribution in [-0.4, -0.2) is 0 Å². The minimum Gasteiger partial charge on any atom is -0.0958 e. The molecule has 0 unspecified atom stereocenters. The van der Waals surface area contributed by atoms with Gasteiger partial charge in [-0.25, -0.2) is 0 Å². The predicted octanol–water partition coefficient (Wildman–Crippen LogP) is 4.09. The number of allylic oxidation sites excluding steroid dienone is 3. The summed E-state index contributed by atoms with van der Waals surface area (Å²) in [6, 6.07) is 0. The Balaban J connectivity index is 3.99. The second-order valence-corrected chi connectivity index (χ2v) is 2.92. The topological polar surface area (TPSA) is 0 Å². The molecule has 0 aliphatic heterocycles. The smallest absolute Gasteiger partial charge is 0.0313 e.